The SMILES string of the molecule is NCc1c(F)ccc(S(=O)(=O)NC2CC3CCC2C3)c1F. The number of hydrogen-bond donors (Lipinski definition) is 2. The predicted molar refractivity (Wildman–Crippen MR) is 73.8 cm³/mol. The molecule has 116 valence electrons. The molecule has 0 spiro atoms. The number of hydrogen-bond acceptors (Lipinski definition) is 3. The van der Waals surface area contributed by atoms with Crippen molar-refractivity contribution in [3.05, 3.63) is 29.3 Å². The highest BCUT2D eigenvalue weighted by atomic mass is 32.2. The highest BCUT2D eigenvalue weighted by molar-refractivity contribution is 7.89. The Bertz CT molecular complexity index is 663. The van der Waals surface area contributed by atoms with Gasteiger partial charge in [-0.3, -0.25) is 0 Å². The normalized spacial score (nSPS) is 28.2. The molecule has 0 heterocycles. The van der Waals surface area contributed by atoms with Crippen LogP contribution in [0.4, 0.5) is 8.78 Å². The average Bonchev–Trinajstić information content (AvgIpc) is 3.00. The van der Waals surface area contributed by atoms with Gasteiger partial charge in [-0.2, -0.15) is 0 Å². The summed E-state index contributed by atoms with van der Waals surface area (Å²) in [4.78, 5) is -0.521. The van der Waals surface area contributed by atoms with E-state index in [1.807, 2.05) is 0 Å². The lowest BCUT2D eigenvalue weighted by Gasteiger charge is -2.23. The Balaban J connectivity index is 1.88. The molecule has 2 bridgehead atoms. The Labute approximate surface area is 122 Å². The lowest BCUT2D eigenvalue weighted by atomic mass is 9.96. The lowest BCUT2D eigenvalue weighted by Crippen LogP contribution is -2.38. The Kier molecular flexibility index (Phi) is 3.75. The molecular formula is C14H18F2N2O2S. The van der Waals surface area contributed by atoms with Gasteiger partial charge in [0, 0.05) is 18.2 Å². The van der Waals surface area contributed by atoms with Gasteiger partial charge in [0.1, 0.15) is 10.7 Å². The first-order valence-corrected chi connectivity index (χ1v) is 8.60. The molecule has 0 aromatic heterocycles. The zero-order valence-electron chi connectivity index (χ0n) is 11.5. The first kappa shape index (κ1) is 14.9. The van der Waals surface area contributed by atoms with Gasteiger partial charge in [-0.05, 0) is 43.2 Å². The maximum Gasteiger partial charge on any atom is 0.243 e. The summed E-state index contributed by atoms with van der Waals surface area (Å²) in [5, 5.41) is 0. The molecule has 2 saturated carbocycles. The summed E-state index contributed by atoms with van der Waals surface area (Å²) in [7, 11) is -3.99. The number of benzene rings is 1. The minimum absolute atomic E-state index is 0.139. The van der Waals surface area contributed by atoms with Crippen LogP contribution in [-0.2, 0) is 16.6 Å². The molecule has 1 aromatic rings. The standard InChI is InChI=1S/C14H18F2N2O2S/c15-11-3-4-13(14(16)10(11)7-17)21(19,20)18-12-6-8-1-2-9(12)5-8/h3-4,8-9,12,18H,1-2,5-7,17H2. The Hall–Kier alpha value is -1.05. The third kappa shape index (κ3) is 2.58. The van der Waals surface area contributed by atoms with Gasteiger partial charge in [-0.25, -0.2) is 21.9 Å². The van der Waals surface area contributed by atoms with E-state index in [1.54, 1.807) is 0 Å². The van der Waals surface area contributed by atoms with Gasteiger partial charge in [0.2, 0.25) is 10.0 Å². The maximum atomic E-state index is 14.2. The molecular weight excluding hydrogens is 298 g/mol. The number of sulfonamides is 1. The second kappa shape index (κ2) is 5.30. The molecule has 21 heavy (non-hydrogen) atoms. The number of fused-ring (bicyclic) bond motifs is 2. The van der Waals surface area contributed by atoms with Crippen molar-refractivity contribution in [2.75, 3.05) is 0 Å². The quantitative estimate of drug-likeness (QED) is 0.891. The molecule has 2 fully saturated rings. The third-order valence-electron chi connectivity index (χ3n) is 4.69. The van der Waals surface area contributed by atoms with Crippen LogP contribution in [0.25, 0.3) is 0 Å². The van der Waals surface area contributed by atoms with Crippen LogP contribution in [0, 0.1) is 23.5 Å². The van der Waals surface area contributed by atoms with E-state index in [0.29, 0.717) is 11.8 Å². The molecule has 4 nitrogen and oxygen atoms in total. The van der Waals surface area contributed by atoms with E-state index < -0.39 is 32.1 Å². The molecule has 0 amide bonds. The van der Waals surface area contributed by atoms with Crippen molar-refractivity contribution in [2.24, 2.45) is 17.6 Å². The summed E-state index contributed by atoms with van der Waals surface area (Å²) in [6, 6.07) is 1.76. The van der Waals surface area contributed by atoms with Crippen LogP contribution in [-0.4, -0.2) is 14.5 Å². The van der Waals surface area contributed by atoms with Gasteiger partial charge in [-0.15, -0.1) is 0 Å². The number of rotatable bonds is 4. The van der Waals surface area contributed by atoms with E-state index in [1.165, 1.54) is 0 Å². The molecule has 3 unspecified atom stereocenters. The maximum absolute atomic E-state index is 14.2. The van der Waals surface area contributed by atoms with Crippen LogP contribution >= 0.6 is 0 Å². The predicted octanol–water partition coefficient (Wildman–Crippen LogP) is 1.89. The van der Waals surface area contributed by atoms with Crippen molar-refractivity contribution >= 4 is 10.0 Å². The molecule has 2 aliphatic carbocycles. The Morgan fingerprint density at radius 1 is 1.24 bits per heavy atom. The number of nitrogens with one attached hydrogen (secondary N) is 1. The summed E-state index contributed by atoms with van der Waals surface area (Å²) in [5.41, 5.74) is 4.88. The zero-order valence-corrected chi connectivity index (χ0v) is 12.3. The van der Waals surface area contributed by atoms with Crippen molar-refractivity contribution in [1.82, 2.24) is 4.72 Å². The highest BCUT2D eigenvalue weighted by Crippen LogP contribution is 2.44. The van der Waals surface area contributed by atoms with E-state index in [2.05, 4.69) is 4.72 Å². The molecule has 7 heteroatoms. The van der Waals surface area contributed by atoms with Crippen LogP contribution in [0.3, 0.4) is 0 Å². The lowest BCUT2D eigenvalue weighted by molar-refractivity contribution is 0.389. The van der Waals surface area contributed by atoms with Crippen LogP contribution in [0.5, 0.6) is 0 Å². The number of nitrogens with two attached hydrogens (primary N) is 1. The number of halogens is 2. The van der Waals surface area contributed by atoms with Gasteiger partial charge in [0.25, 0.3) is 0 Å². The molecule has 0 saturated heterocycles. The van der Waals surface area contributed by atoms with E-state index in [4.69, 9.17) is 5.73 Å². The van der Waals surface area contributed by atoms with E-state index in [0.717, 1.165) is 37.8 Å². The van der Waals surface area contributed by atoms with Gasteiger partial charge in [0.15, 0.2) is 5.82 Å². The van der Waals surface area contributed by atoms with E-state index >= 15 is 0 Å². The van der Waals surface area contributed by atoms with Crippen molar-refractivity contribution in [1.29, 1.82) is 0 Å². The van der Waals surface area contributed by atoms with Crippen molar-refractivity contribution in [3.8, 4) is 0 Å². The molecule has 1 aromatic carbocycles. The fraction of sp³-hybridized carbons (Fsp3) is 0.571. The Morgan fingerprint density at radius 3 is 2.57 bits per heavy atom. The first-order valence-electron chi connectivity index (χ1n) is 7.11. The zero-order chi connectivity index (χ0) is 15.2. The topological polar surface area (TPSA) is 72.2 Å². The minimum atomic E-state index is -3.99. The van der Waals surface area contributed by atoms with Crippen molar-refractivity contribution < 1.29 is 17.2 Å². The van der Waals surface area contributed by atoms with Crippen LogP contribution in [0.1, 0.15) is 31.2 Å². The van der Waals surface area contributed by atoms with E-state index in [-0.39, 0.29) is 12.6 Å². The summed E-state index contributed by atoms with van der Waals surface area (Å²) >= 11 is 0. The van der Waals surface area contributed by atoms with Crippen LogP contribution in [0.15, 0.2) is 17.0 Å². The van der Waals surface area contributed by atoms with Gasteiger partial charge < -0.3 is 5.73 Å². The molecule has 3 atom stereocenters. The fourth-order valence-corrected chi connectivity index (χ4v) is 5.04. The van der Waals surface area contributed by atoms with E-state index in [9.17, 15) is 17.2 Å². The molecule has 0 radical (unpaired) electrons. The Morgan fingerprint density at radius 2 is 2.00 bits per heavy atom. The van der Waals surface area contributed by atoms with Crippen LogP contribution < -0.4 is 10.5 Å². The van der Waals surface area contributed by atoms with Gasteiger partial charge in [0.05, 0.1) is 0 Å². The minimum Gasteiger partial charge on any atom is -0.326 e. The molecule has 0 aliphatic heterocycles. The third-order valence-corrected chi connectivity index (χ3v) is 6.20. The molecule has 2 aliphatic rings. The van der Waals surface area contributed by atoms with Crippen LogP contribution in [0.2, 0.25) is 0 Å². The summed E-state index contributed by atoms with van der Waals surface area (Å²) < 4.78 is 54.8. The largest absolute Gasteiger partial charge is 0.326 e. The summed E-state index contributed by atoms with van der Waals surface area (Å²) in [5.74, 6) is -1.01. The molecule has 3 rings (SSSR count). The monoisotopic (exact) mass is 316 g/mol. The summed E-state index contributed by atoms with van der Waals surface area (Å²) in [6.45, 7) is -0.380. The van der Waals surface area contributed by atoms with Gasteiger partial charge in [-0.1, -0.05) is 6.42 Å². The second-order valence-electron chi connectivity index (χ2n) is 5.94. The second-order valence-corrected chi connectivity index (χ2v) is 7.63. The summed E-state index contributed by atoms with van der Waals surface area (Å²) in [6.07, 6.45) is 3.99. The smallest absolute Gasteiger partial charge is 0.243 e. The first-order chi connectivity index (χ1) is 9.92. The van der Waals surface area contributed by atoms with Crippen molar-refractivity contribution in [2.45, 2.75) is 43.2 Å². The fourth-order valence-electron chi connectivity index (χ4n) is 3.62. The average molecular weight is 316 g/mol. The molecule has 3 N–H and O–H groups in total. The van der Waals surface area contributed by atoms with Gasteiger partial charge >= 0.3 is 0 Å². The van der Waals surface area contributed by atoms with Crippen molar-refractivity contribution in [3.63, 3.8) is 0 Å². The highest BCUT2D eigenvalue weighted by Gasteiger charge is 2.41.